The lowest BCUT2D eigenvalue weighted by atomic mass is 9.55. The molecule has 2 aliphatic heterocycles. The summed E-state index contributed by atoms with van der Waals surface area (Å²) in [5.41, 5.74) is 2.37. The fourth-order valence-corrected chi connectivity index (χ4v) is 10.8. The highest BCUT2D eigenvalue weighted by atomic mass is 16.6. The first-order chi connectivity index (χ1) is 25.9. The minimum Gasteiger partial charge on any atom is -0.493 e. The molecule has 6 aliphatic rings. The largest absolute Gasteiger partial charge is 0.493 e. The number of carbonyl (C=O) groups excluding carboxylic acids is 3. The summed E-state index contributed by atoms with van der Waals surface area (Å²) in [6.07, 6.45) is 9.23. The number of nitrogens with one attached hydrogen (secondary N) is 2. The van der Waals surface area contributed by atoms with E-state index < -0.39 is 6.09 Å². The number of esters is 1. The van der Waals surface area contributed by atoms with E-state index in [-0.39, 0.29) is 38.3 Å². The monoisotopic (exact) mass is 751 g/mol. The first-order valence-electron chi connectivity index (χ1n) is 19.6. The van der Waals surface area contributed by atoms with Crippen LogP contribution in [0.2, 0.25) is 0 Å². The number of hydrogen-bond acceptors (Lipinski definition) is 10. The summed E-state index contributed by atoms with van der Waals surface area (Å²) in [5, 5.41) is 6.33. The molecule has 8 rings (SSSR count). The number of methoxy groups -OCH3 is 3. The highest BCUT2D eigenvalue weighted by Crippen LogP contribution is 2.62. The molecule has 2 heterocycles. The molecule has 4 saturated carbocycles. The standard InChI is InChI=1S/C42H57N3O9.2H2/c1-40-11-12-41(2)21-29(20-40)22-42(25-40,26-41)44-39(48)52-15-14-45-13-10-31(23-45)43-38(47)54-34-9-7-28(19-36(34)51-5)17-32-30(24-53-37(32)46)16-27-6-8-33(49-3)35(18-27)50-4;;/h6-9,18-19,29-32H,10-17,20-26H2,1-5H3,(H,43,47)(H,44,48);2*1H/t29?,30-,31-,32+,40?,41?,42?;;/m0../s1. The number of fused-ring (bicyclic) bond motifs is 1. The second kappa shape index (κ2) is 15.5. The lowest BCUT2D eigenvalue weighted by Crippen LogP contribution is -2.58. The molecule has 12 heteroatoms. The van der Waals surface area contributed by atoms with Crippen LogP contribution in [-0.4, -0.2) is 88.8 Å². The summed E-state index contributed by atoms with van der Waals surface area (Å²) in [6, 6.07) is 11.0. The number of ether oxygens (including phenoxy) is 6. The van der Waals surface area contributed by atoms with E-state index in [9.17, 15) is 14.4 Å². The second-order valence-corrected chi connectivity index (χ2v) is 17.4. The van der Waals surface area contributed by atoms with E-state index in [1.807, 2.05) is 24.3 Å². The molecule has 298 valence electrons. The van der Waals surface area contributed by atoms with Crippen molar-refractivity contribution >= 4 is 18.2 Å². The molecule has 2 aromatic rings. The van der Waals surface area contributed by atoms with Gasteiger partial charge in [0.15, 0.2) is 23.0 Å². The van der Waals surface area contributed by atoms with Gasteiger partial charge in [-0.2, -0.15) is 0 Å². The van der Waals surface area contributed by atoms with Gasteiger partial charge in [0.25, 0.3) is 0 Å². The first kappa shape index (κ1) is 38.1. The van der Waals surface area contributed by atoms with E-state index >= 15 is 0 Å². The third-order valence-electron chi connectivity index (χ3n) is 12.9. The normalized spacial score (nSPS) is 31.4. The molecule has 2 unspecified atom stereocenters. The van der Waals surface area contributed by atoms with Crippen molar-refractivity contribution in [1.82, 2.24) is 15.5 Å². The van der Waals surface area contributed by atoms with Gasteiger partial charge >= 0.3 is 18.2 Å². The van der Waals surface area contributed by atoms with Crippen molar-refractivity contribution < 1.29 is 45.7 Å². The van der Waals surface area contributed by atoms with Gasteiger partial charge in [-0.15, -0.1) is 0 Å². The minimum absolute atomic E-state index is 0. The lowest BCUT2D eigenvalue weighted by Gasteiger charge is -2.54. The Morgan fingerprint density at radius 2 is 1.52 bits per heavy atom. The van der Waals surface area contributed by atoms with E-state index in [4.69, 9.17) is 28.4 Å². The van der Waals surface area contributed by atoms with Gasteiger partial charge in [-0.1, -0.05) is 26.0 Å². The third-order valence-corrected chi connectivity index (χ3v) is 12.9. The van der Waals surface area contributed by atoms with Crippen molar-refractivity contribution in [2.45, 2.75) is 89.6 Å². The number of hydrogen-bond donors (Lipinski definition) is 2. The minimum atomic E-state index is -0.563. The Kier molecular flexibility index (Phi) is 10.9. The van der Waals surface area contributed by atoms with Crippen LogP contribution in [0.4, 0.5) is 9.59 Å². The first-order valence-corrected chi connectivity index (χ1v) is 19.6. The third kappa shape index (κ3) is 8.53. The molecule has 2 amide bonds. The van der Waals surface area contributed by atoms with Crippen LogP contribution >= 0.6 is 0 Å². The summed E-state index contributed by atoms with van der Waals surface area (Å²) < 4.78 is 33.3. The van der Waals surface area contributed by atoms with Crippen LogP contribution in [0.15, 0.2) is 36.4 Å². The van der Waals surface area contributed by atoms with E-state index in [2.05, 4.69) is 29.4 Å². The summed E-state index contributed by atoms with van der Waals surface area (Å²) in [7, 11) is 4.72. The summed E-state index contributed by atoms with van der Waals surface area (Å²) >= 11 is 0. The molecular formula is C42H61N3O9. The molecule has 12 nitrogen and oxygen atoms in total. The molecule has 2 N–H and O–H groups in total. The van der Waals surface area contributed by atoms with E-state index in [1.165, 1.54) is 32.8 Å². The van der Waals surface area contributed by atoms with Gasteiger partial charge in [0.1, 0.15) is 6.61 Å². The molecule has 0 aromatic heterocycles. The van der Waals surface area contributed by atoms with Crippen molar-refractivity contribution in [3.8, 4) is 23.0 Å². The van der Waals surface area contributed by atoms with Crippen LogP contribution < -0.4 is 29.6 Å². The van der Waals surface area contributed by atoms with E-state index in [0.717, 1.165) is 43.4 Å². The summed E-state index contributed by atoms with van der Waals surface area (Å²) in [4.78, 5) is 41.0. The van der Waals surface area contributed by atoms with Crippen molar-refractivity contribution in [3.63, 3.8) is 0 Å². The predicted molar refractivity (Wildman–Crippen MR) is 205 cm³/mol. The number of amides is 2. The average molecular weight is 752 g/mol. The maximum atomic E-state index is 13.0. The molecule has 5 atom stereocenters. The number of likely N-dealkylation sites (tertiary alicyclic amines) is 1. The molecule has 2 aromatic carbocycles. The molecule has 0 radical (unpaired) electrons. The molecule has 0 spiro atoms. The van der Waals surface area contributed by atoms with Crippen LogP contribution in [0.5, 0.6) is 23.0 Å². The van der Waals surface area contributed by atoms with Crippen molar-refractivity contribution in [3.05, 3.63) is 47.5 Å². The number of nitrogens with zero attached hydrogens (tertiary/aromatic N) is 1. The Morgan fingerprint density at radius 3 is 2.20 bits per heavy atom. The van der Waals surface area contributed by atoms with Gasteiger partial charge in [-0.3, -0.25) is 9.69 Å². The molecule has 4 bridgehead atoms. The van der Waals surface area contributed by atoms with Crippen molar-refractivity contribution in [1.29, 1.82) is 0 Å². The van der Waals surface area contributed by atoms with Gasteiger partial charge in [0, 0.05) is 40.0 Å². The van der Waals surface area contributed by atoms with Gasteiger partial charge in [0.2, 0.25) is 0 Å². The average Bonchev–Trinajstić information content (AvgIpc) is 3.67. The summed E-state index contributed by atoms with van der Waals surface area (Å²) in [6.45, 7) is 7.50. The fourth-order valence-electron chi connectivity index (χ4n) is 10.8. The van der Waals surface area contributed by atoms with Gasteiger partial charge in [0.05, 0.1) is 33.9 Å². The Bertz CT molecular complexity index is 1710. The van der Waals surface area contributed by atoms with Crippen molar-refractivity contribution in [2.24, 2.45) is 28.6 Å². The maximum absolute atomic E-state index is 13.0. The second-order valence-electron chi connectivity index (χ2n) is 17.4. The molecule has 2 saturated heterocycles. The fraction of sp³-hybridized carbons (Fsp3) is 0.643. The number of carbonyl (C=O) groups is 3. The molecule has 6 fully saturated rings. The summed E-state index contributed by atoms with van der Waals surface area (Å²) in [5.74, 6) is 2.11. The molecular weight excluding hydrogens is 690 g/mol. The number of rotatable bonds is 13. The topological polar surface area (TPSA) is 134 Å². The maximum Gasteiger partial charge on any atom is 0.412 e. The van der Waals surface area contributed by atoms with Gasteiger partial charge < -0.3 is 39.1 Å². The highest BCUT2D eigenvalue weighted by Gasteiger charge is 2.57. The SMILES string of the molecule is COc1ccc(C[C@H]2COC(=O)[C@@H]2Cc2ccc(OC(=O)N[C@H]3CCN(CCOC(=O)NC45CC6CC(C)(CCC(C)(C6)C4)C5)C3)c(OC)c2)cc1OC.[HH].[HH]. The van der Waals surface area contributed by atoms with Crippen LogP contribution in [-0.2, 0) is 27.1 Å². The van der Waals surface area contributed by atoms with Crippen LogP contribution in [0.25, 0.3) is 0 Å². The zero-order chi connectivity index (χ0) is 38.1. The highest BCUT2D eigenvalue weighted by molar-refractivity contribution is 5.75. The Hall–Kier alpha value is -4.19. The zero-order valence-electron chi connectivity index (χ0n) is 32.5. The number of alkyl carbamates (subject to hydrolysis) is 1. The zero-order valence-corrected chi connectivity index (χ0v) is 32.5. The lowest BCUT2D eigenvalue weighted by molar-refractivity contribution is -0.141. The molecule has 4 aliphatic carbocycles. The molecule has 54 heavy (non-hydrogen) atoms. The van der Waals surface area contributed by atoms with Crippen LogP contribution in [0.1, 0.15) is 79.2 Å². The van der Waals surface area contributed by atoms with Gasteiger partial charge in [-0.25, -0.2) is 9.59 Å². The number of cyclic esters (lactones) is 1. The van der Waals surface area contributed by atoms with Crippen LogP contribution in [0, 0.1) is 28.6 Å². The Labute approximate surface area is 321 Å². The van der Waals surface area contributed by atoms with E-state index in [0.29, 0.717) is 78.9 Å². The van der Waals surface area contributed by atoms with Crippen LogP contribution in [0.3, 0.4) is 0 Å². The van der Waals surface area contributed by atoms with Gasteiger partial charge in [-0.05, 0) is 116 Å². The smallest absolute Gasteiger partial charge is 0.412 e. The Morgan fingerprint density at radius 1 is 0.870 bits per heavy atom. The Balaban J connectivity index is 0.00000300. The van der Waals surface area contributed by atoms with E-state index in [1.54, 1.807) is 26.4 Å². The van der Waals surface area contributed by atoms with Crippen molar-refractivity contribution in [2.75, 3.05) is 54.2 Å². The quantitative estimate of drug-likeness (QED) is 0.211. The predicted octanol–water partition coefficient (Wildman–Crippen LogP) is 6.81. The number of benzene rings is 2.